The van der Waals surface area contributed by atoms with E-state index in [0.29, 0.717) is 12.1 Å². The third-order valence-corrected chi connectivity index (χ3v) is 3.06. The smallest absolute Gasteiger partial charge is 0.161 e. The Morgan fingerprint density at radius 1 is 1.12 bits per heavy atom. The Kier molecular flexibility index (Phi) is 3.44. The predicted molar refractivity (Wildman–Crippen MR) is 64.6 cm³/mol. The van der Waals surface area contributed by atoms with Gasteiger partial charge in [0.25, 0.3) is 0 Å². The topological polar surface area (TPSA) is 52.5 Å². The molecule has 0 atom stereocenters. The monoisotopic (exact) mass is 235 g/mol. The van der Waals surface area contributed by atoms with Gasteiger partial charge in [-0.25, -0.2) is 0 Å². The van der Waals surface area contributed by atoms with Gasteiger partial charge in [0, 0.05) is 18.7 Å². The molecule has 0 fully saturated rings. The lowest BCUT2D eigenvalue weighted by molar-refractivity contribution is 0.397. The highest BCUT2D eigenvalue weighted by molar-refractivity contribution is 7.07. The Balaban J connectivity index is 1.92. The zero-order valence-electron chi connectivity index (χ0n) is 8.68. The molecular weight excluding hydrogens is 222 g/mol. The van der Waals surface area contributed by atoms with E-state index >= 15 is 0 Å². The lowest BCUT2D eigenvalue weighted by Gasteiger charge is -2.06. The molecule has 0 aliphatic carbocycles. The molecule has 2 rings (SSSR count). The van der Waals surface area contributed by atoms with Crippen molar-refractivity contribution in [1.29, 1.82) is 0 Å². The summed E-state index contributed by atoms with van der Waals surface area (Å²) in [5.74, 6) is -0.116. The number of aromatic hydroxyl groups is 2. The standard InChI is InChI=1S/C12H13NO2S/c14-11-3-1-2-10(12(11)15)7-13-6-9-4-5-16-8-9/h1-5,8,13-15H,6-7H2. The summed E-state index contributed by atoms with van der Waals surface area (Å²) in [7, 11) is 0. The van der Waals surface area contributed by atoms with Crippen LogP contribution in [-0.2, 0) is 13.1 Å². The molecule has 0 bridgehead atoms. The van der Waals surface area contributed by atoms with Crippen LogP contribution in [0.15, 0.2) is 35.0 Å². The molecule has 0 saturated carbocycles. The summed E-state index contributed by atoms with van der Waals surface area (Å²) in [4.78, 5) is 0. The first kappa shape index (κ1) is 11.0. The maximum Gasteiger partial charge on any atom is 0.161 e. The zero-order chi connectivity index (χ0) is 11.4. The van der Waals surface area contributed by atoms with Crippen LogP contribution in [-0.4, -0.2) is 10.2 Å². The molecule has 3 N–H and O–H groups in total. The number of rotatable bonds is 4. The highest BCUT2D eigenvalue weighted by atomic mass is 32.1. The first-order chi connectivity index (χ1) is 7.77. The molecule has 0 unspecified atom stereocenters. The van der Waals surface area contributed by atoms with Crippen LogP contribution in [0.25, 0.3) is 0 Å². The molecule has 0 amide bonds. The van der Waals surface area contributed by atoms with Crippen LogP contribution in [0.5, 0.6) is 11.5 Å². The van der Waals surface area contributed by atoms with E-state index in [4.69, 9.17) is 0 Å². The number of para-hydroxylation sites is 1. The van der Waals surface area contributed by atoms with E-state index in [1.54, 1.807) is 23.5 Å². The van der Waals surface area contributed by atoms with Crippen LogP contribution in [0.4, 0.5) is 0 Å². The fourth-order valence-corrected chi connectivity index (χ4v) is 2.12. The Hall–Kier alpha value is -1.52. The third-order valence-electron chi connectivity index (χ3n) is 2.32. The first-order valence-electron chi connectivity index (χ1n) is 4.99. The second kappa shape index (κ2) is 5.01. The van der Waals surface area contributed by atoms with Crippen molar-refractivity contribution < 1.29 is 10.2 Å². The van der Waals surface area contributed by atoms with Crippen LogP contribution < -0.4 is 5.32 Å². The summed E-state index contributed by atoms with van der Waals surface area (Å²) in [5.41, 5.74) is 1.93. The molecule has 84 valence electrons. The number of hydrogen-bond donors (Lipinski definition) is 3. The summed E-state index contributed by atoms with van der Waals surface area (Å²) >= 11 is 1.66. The number of hydrogen-bond acceptors (Lipinski definition) is 4. The van der Waals surface area contributed by atoms with Gasteiger partial charge in [0.1, 0.15) is 0 Å². The normalized spacial score (nSPS) is 10.5. The Morgan fingerprint density at radius 3 is 2.75 bits per heavy atom. The Bertz CT molecular complexity index is 454. The van der Waals surface area contributed by atoms with E-state index in [1.165, 1.54) is 11.6 Å². The van der Waals surface area contributed by atoms with Gasteiger partial charge in [-0.2, -0.15) is 11.3 Å². The van der Waals surface area contributed by atoms with Crippen molar-refractivity contribution in [3.8, 4) is 11.5 Å². The van der Waals surface area contributed by atoms with E-state index in [2.05, 4.69) is 16.8 Å². The SMILES string of the molecule is Oc1cccc(CNCc2ccsc2)c1O. The van der Waals surface area contributed by atoms with Gasteiger partial charge < -0.3 is 15.5 Å². The molecule has 1 aromatic heterocycles. The van der Waals surface area contributed by atoms with E-state index < -0.39 is 0 Å². The number of phenolic OH excluding ortho intramolecular Hbond substituents is 2. The molecule has 2 aromatic rings. The summed E-state index contributed by atoms with van der Waals surface area (Å²) < 4.78 is 0. The van der Waals surface area contributed by atoms with Crippen molar-refractivity contribution in [3.05, 3.63) is 46.2 Å². The first-order valence-corrected chi connectivity index (χ1v) is 5.93. The van der Waals surface area contributed by atoms with E-state index in [9.17, 15) is 10.2 Å². The van der Waals surface area contributed by atoms with E-state index in [0.717, 1.165) is 6.54 Å². The Morgan fingerprint density at radius 2 is 2.00 bits per heavy atom. The molecule has 0 radical (unpaired) electrons. The van der Waals surface area contributed by atoms with Gasteiger partial charge in [0.15, 0.2) is 11.5 Å². The summed E-state index contributed by atoms with van der Waals surface area (Å²) in [6.45, 7) is 1.30. The van der Waals surface area contributed by atoms with Crippen LogP contribution in [0, 0.1) is 0 Å². The molecule has 1 aromatic carbocycles. The summed E-state index contributed by atoms with van der Waals surface area (Å²) in [5, 5.41) is 26.2. The minimum absolute atomic E-state index is 0.0414. The second-order valence-corrected chi connectivity index (χ2v) is 4.30. The fraction of sp³-hybridized carbons (Fsp3) is 0.167. The molecule has 1 heterocycles. The molecule has 0 saturated heterocycles. The summed E-state index contributed by atoms with van der Waals surface area (Å²) in [6.07, 6.45) is 0. The van der Waals surface area contributed by atoms with E-state index in [1.807, 2.05) is 5.38 Å². The van der Waals surface area contributed by atoms with Crippen LogP contribution in [0.3, 0.4) is 0 Å². The minimum atomic E-state index is -0.0742. The van der Waals surface area contributed by atoms with E-state index in [-0.39, 0.29) is 11.5 Å². The highest BCUT2D eigenvalue weighted by Crippen LogP contribution is 2.27. The average molecular weight is 235 g/mol. The van der Waals surface area contributed by atoms with Gasteiger partial charge in [-0.05, 0) is 28.5 Å². The van der Waals surface area contributed by atoms with Gasteiger partial charge >= 0.3 is 0 Å². The van der Waals surface area contributed by atoms with Crippen molar-refractivity contribution >= 4 is 11.3 Å². The van der Waals surface area contributed by atoms with Gasteiger partial charge in [0.2, 0.25) is 0 Å². The number of nitrogens with one attached hydrogen (secondary N) is 1. The lowest BCUT2D eigenvalue weighted by Crippen LogP contribution is -2.12. The number of phenols is 2. The highest BCUT2D eigenvalue weighted by Gasteiger charge is 2.04. The average Bonchev–Trinajstić information content (AvgIpc) is 2.77. The Labute approximate surface area is 98.0 Å². The van der Waals surface area contributed by atoms with Crippen LogP contribution in [0.1, 0.15) is 11.1 Å². The quantitative estimate of drug-likeness (QED) is 0.713. The maximum atomic E-state index is 9.57. The van der Waals surface area contributed by atoms with Crippen molar-refractivity contribution in [2.45, 2.75) is 13.1 Å². The van der Waals surface area contributed by atoms with Gasteiger partial charge in [-0.3, -0.25) is 0 Å². The predicted octanol–water partition coefficient (Wildman–Crippen LogP) is 2.45. The molecule has 0 aliphatic rings. The van der Waals surface area contributed by atoms with Crippen LogP contribution in [0.2, 0.25) is 0 Å². The van der Waals surface area contributed by atoms with Gasteiger partial charge in [-0.15, -0.1) is 0 Å². The van der Waals surface area contributed by atoms with Crippen molar-refractivity contribution in [1.82, 2.24) is 5.32 Å². The molecule has 16 heavy (non-hydrogen) atoms. The fourth-order valence-electron chi connectivity index (χ4n) is 1.46. The molecule has 0 aliphatic heterocycles. The molecule has 0 spiro atoms. The lowest BCUT2D eigenvalue weighted by atomic mass is 10.2. The molecule has 3 nitrogen and oxygen atoms in total. The minimum Gasteiger partial charge on any atom is -0.504 e. The summed E-state index contributed by atoms with van der Waals surface area (Å²) in [6, 6.07) is 7.03. The zero-order valence-corrected chi connectivity index (χ0v) is 9.50. The largest absolute Gasteiger partial charge is 0.504 e. The second-order valence-electron chi connectivity index (χ2n) is 3.52. The maximum absolute atomic E-state index is 9.57. The molecule has 4 heteroatoms. The molecular formula is C12H13NO2S. The number of benzene rings is 1. The van der Waals surface area contributed by atoms with Crippen molar-refractivity contribution in [2.75, 3.05) is 0 Å². The van der Waals surface area contributed by atoms with Crippen LogP contribution >= 0.6 is 11.3 Å². The van der Waals surface area contributed by atoms with Crippen molar-refractivity contribution in [3.63, 3.8) is 0 Å². The number of thiophene rings is 1. The third kappa shape index (κ3) is 2.53. The van der Waals surface area contributed by atoms with Gasteiger partial charge in [-0.1, -0.05) is 12.1 Å². The van der Waals surface area contributed by atoms with Gasteiger partial charge in [0.05, 0.1) is 0 Å². The van der Waals surface area contributed by atoms with Crippen molar-refractivity contribution in [2.24, 2.45) is 0 Å².